The van der Waals surface area contributed by atoms with E-state index in [1.165, 1.54) is 53.2 Å². The van der Waals surface area contributed by atoms with Gasteiger partial charge in [0.05, 0.1) is 5.52 Å². The summed E-state index contributed by atoms with van der Waals surface area (Å²) < 4.78 is 4.92. The summed E-state index contributed by atoms with van der Waals surface area (Å²) in [5.41, 5.74) is 8.37. The van der Waals surface area contributed by atoms with Gasteiger partial charge in [-0.2, -0.15) is 0 Å². The molecule has 0 saturated carbocycles. The number of fused-ring (bicyclic) bond motifs is 9. The van der Waals surface area contributed by atoms with E-state index in [9.17, 15) is 0 Å². The topological polar surface area (TPSA) is 30.2 Å². The molecule has 0 saturated heterocycles. The zero-order valence-electron chi connectivity index (χ0n) is 24.5. The van der Waals surface area contributed by atoms with Crippen molar-refractivity contribution < 1.29 is 0 Å². The molecule has 3 aromatic heterocycles. The number of para-hydroxylation sites is 1. The lowest BCUT2D eigenvalue weighted by atomic mass is 9.97. The zero-order valence-corrected chi connectivity index (χ0v) is 25.3. The SMILES string of the molecule is CC.CCc1ccc2sc3c(-c4ccc(-c5nnc6c7ccccc7c7ccccc7n56)cc4)cc(CC)cc3c2c1. The van der Waals surface area contributed by atoms with E-state index in [4.69, 9.17) is 5.10 Å². The van der Waals surface area contributed by atoms with E-state index in [0.717, 1.165) is 40.8 Å². The van der Waals surface area contributed by atoms with Gasteiger partial charge >= 0.3 is 0 Å². The molecule has 0 aliphatic heterocycles. The van der Waals surface area contributed by atoms with Crippen molar-refractivity contribution in [1.29, 1.82) is 0 Å². The maximum atomic E-state index is 4.71. The van der Waals surface area contributed by atoms with Gasteiger partial charge in [0.25, 0.3) is 0 Å². The zero-order chi connectivity index (χ0) is 28.8. The summed E-state index contributed by atoms with van der Waals surface area (Å²) >= 11 is 1.90. The van der Waals surface area contributed by atoms with Crippen molar-refractivity contribution in [1.82, 2.24) is 14.6 Å². The van der Waals surface area contributed by atoms with Gasteiger partial charge in [-0.05, 0) is 70.8 Å². The van der Waals surface area contributed by atoms with Crippen LogP contribution in [-0.2, 0) is 12.8 Å². The molecule has 0 radical (unpaired) electrons. The Kier molecular flexibility index (Phi) is 6.72. The van der Waals surface area contributed by atoms with Crippen molar-refractivity contribution in [3.05, 3.63) is 114 Å². The number of aromatic nitrogens is 3. The molecule has 0 amide bonds. The summed E-state index contributed by atoms with van der Waals surface area (Å²) in [5.74, 6) is 0.866. The summed E-state index contributed by atoms with van der Waals surface area (Å²) in [4.78, 5) is 0. The quantitative estimate of drug-likeness (QED) is 0.199. The maximum Gasteiger partial charge on any atom is 0.169 e. The predicted octanol–water partition coefficient (Wildman–Crippen LogP) is 10.9. The minimum Gasteiger partial charge on any atom is -0.274 e. The Labute approximate surface area is 250 Å². The first kappa shape index (κ1) is 26.4. The third kappa shape index (κ3) is 4.09. The van der Waals surface area contributed by atoms with Crippen molar-refractivity contribution >= 4 is 58.8 Å². The average molecular weight is 564 g/mol. The van der Waals surface area contributed by atoms with Crippen LogP contribution < -0.4 is 0 Å². The van der Waals surface area contributed by atoms with Gasteiger partial charge in [0, 0.05) is 36.5 Å². The third-order valence-corrected chi connectivity index (χ3v) is 9.45. The standard InChI is InChI=1S/C36H27N3S.C2H6/c1-3-22-13-18-33-30(19-22)31-21-23(4-2)20-29(34(31)40-33)24-14-16-25(17-15-24)35-37-38-36-28-11-6-5-9-26(28)27-10-7-8-12-32(27)39(35)36;1-2/h5-21H,3-4H2,1-2H3;1-2H3. The molecule has 3 heterocycles. The molecular weight excluding hydrogens is 531 g/mol. The fraction of sp³-hybridized carbons (Fsp3) is 0.158. The van der Waals surface area contributed by atoms with Crippen LogP contribution >= 0.6 is 11.3 Å². The first-order chi connectivity index (χ1) is 20.7. The highest BCUT2D eigenvalue weighted by Gasteiger charge is 2.17. The first-order valence-corrected chi connectivity index (χ1v) is 15.8. The molecule has 4 heteroatoms. The summed E-state index contributed by atoms with van der Waals surface area (Å²) in [6.07, 6.45) is 2.07. The largest absolute Gasteiger partial charge is 0.274 e. The second kappa shape index (κ2) is 10.7. The Balaban J connectivity index is 0.00000141. The Morgan fingerprint density at radius 3 is 2.02 bits per heavy atom. The molecule has 0 bridgehead atoms. The lowest BCUT2D eigenvalue weighted by molar-refractivity contribution is 1.12. The van der Waals surface area contributed by atoms with Gasteiger partial charge in [0.1, 0.15) is 0 Å². The van der Waals surface area contributed by atoms with E-state index in [0.29, 0.717) is 0 Å². The minimum atomic E-state index is 0.866. The van der Waals surface area contributed by atoms with Crippen molar-refractivity contribution in [3.63, 3.8) is 0 Å². The van der Waals surface area contributed by atoms with E-state index < -0.39 is 0 Å². The minimum absolute atomic E-state index is 0.866. The second-order valence-corrected chi connectivity index (χ2v) is 11.5. The molecule has 0 aliphatic rings. The average Bonchev–Trinajstić information content (AvgIpc) is 3.68. The van der Waals surface area contributed by atoms with Crippen LogP contribution in [0, 0.1) is 0 Å². The molecule has 0 atom stereocenters. The number of hydrogen-bond donors (Lipinski definition) is 0. The lowest BCUT2D eigenvalue weighted by Crippen LogP contribution is -1.94. The number of benzene rings is 5. The maximum absolute atomic E-state index is 4.71. The van der Waals surface area contributed by atoms with E-state index in [1.54, 1.807) is 0 Å². The molecule has 0 N–H and O–H groups in total. The molecule has 8 rings (SSSR count). The number of rotatable bonds is 4. The number of aryl methyl sites for hydroxylation is 2. The highest BCUT2D eigenvalue weighted by Crippen LogP contribution is 2.42. The van der Waals surface area contributed by atoms with Gasteiger partial charge in [-0.25, -0.2) is 0 Å². The molecule has 5 aromatic carbocycles. The monoisotopic (exact) mass is 563 g/mol. The Morgan fingerprint density at radius 1 is 0.595 bits per heavy atom. The Bertz CT molecular complexity index is 2240. The van der Waals surface area contributed by atoms with E-state index in [2.05, 4.69) is 126 Å². The van der Waals surface area contributed by atoms with Crippen LogP contribution in [0.3, 0.4) is 0 Å². The lowest BCUT2D eigenvalue weighted by Gasteiger charge is -2.10. The van der Waals surface area contributed by atoms with E-state index in [-0.39, 0.29) is 0 Å². The molecule has 0 aliphatic carbocycles. The fourth-order valence-corrected chi connectivity index (χ4v) is 7.31. The number of hydrogen-bond acceptors (Lipinski definition) is 3. The predicted molar refractivity (Wildman–Crippen MR) is 182 cm³/mol. The Hall–Kier alpha value is -4.54. The number of nitrogens with zero attached hydrogens (tertiary/aromatic N) is 3. The normalized spacial score (nSPS) is 11.5. The van der Waals surface area contributed by atoms with Crippen LogP contribution in [0.1, 0.15) is 38.8 Å². The Morgan fingerprint density at radius 2 is 1.26 bits per heavy atom. The fourth-order valence-electron chi connectivity index (χ4n) is 6.11. The summed E-state index contributed by atoms with van der Waals surface area (Å²) in [6, 6.07) is 37.6. The van der Waals surface area contributed by atoms with Crippen molar-refractivity contribution in [2.75, 3.05) is 0 Å². The van der Waals surface area contributed by atoms with Gasteiger partial charge in [-0.1, -0.05) is 100 Å². The second-order valence-electron chi connectivity index (χ2n) is 10.5. The smallest absolute Gasteiger partial charge is 0.169 e. The molecule has 3 nitrogen and oxygen atoms in total. The molecule has 0 fully saturated rings. The molecule has 8 aromatic rings. The van der Waals surface area contributed by atoms with E-state index in [1.807, 2.05) is 25.2 Å². The van der Waals surface area contributed by atoms with Gasteiger partial charge in [-0.3, -0.25) is 4.40 Å². The number of pyridine rings is 1. The van der Waals surface area contributed by atoms with Gasteiger partial charge < -0.3 is 0 Å². The van der Waals surface area contributed by atoms with Crippen molar-refractivity contribution in [2.45, 2.75) is 40.5 Å². The first-order valence-electron chi connectivity index (χ1n) is 15.0. The molecule has 206 valence electrons. The van der Waals surface area contributed by atoms with Crippen molar-refractivity contribution in [2.24, 2.45) is 0 Å². The van der Waals surface area contributed by atoms with Gasteiger partial charge in [0.15, 0.2) is 11.5 Å². The highest BCUT2D eigenvalue weighted by molar-refractivity contribution is 7.26. The van der Waals surface area contributed by atoms with Gasteiger partial charge in [-0.15, -0.1) is 21.5 Å². The van der Waals surface area contributed by atoms with Crippen LogP contribution in [0.2, 0.25) is 0 Å². The van der Waals surface area contributed by atoms with Gasteiger partial charge in [0.2, 0.25) is 0 Å². The molecule has 0 spiro atoms. The van der Waals surface area contributed by atoms with Crippen LogP contribution in [0.15, 0.2) is 103 Å². The molecular formula is C38H33N3S. The van der Waals surface area contributed by atoms with E-state index >= 15 is 0 Å². The van der Waals surface area contributed by atoms with Crippen LogP contribution in [0.4, 0.5) is 0 Å². The summed E-state index contributed by atoms with van der Waals surface area (Å²) in [5, 5.41) is 15.6. The summed E-state index contributed by atoms with van der Waals surface area (Å²) in [6.45, 7) is 8.47. The van der Waals surface area contributed by atoms with Crippen LogP contribution in [-0.4, -0.2) is 14.6 Å². The number of thiophene rings is 1. The molecule has 0 unspecified atom stereocenters. The molecule has 42 heavy (non-hydrogen) atoms. The highest BCUT2D eigenvalue weighted by atomic mass is 32.1. The van der Waals surface area contributed by atoms with Crippen LogP contribution in [0.5, 0.6) is 0 Å². The third-order valence-electron chi connectivity index (χ3n) is 8.23. The summed E-state index contributed by atoms with van der Waals surface area (Å²) in [7, 11) is 0. The van der Waals surface area contributed by atoms with Crippen LogP contribution in [0.25, 0.3) is 70.0 Å². The van der Waals surface area contributed by atoms with Crippen molar-refractivity contribution in [3.8, 4) is 22.5 Å².